The summed E-state index contributed by atoms with van der Waals surface area (Å²) in [6, 6.07) is 7.90. The third kappa shape index (κ3) is 7.28. The third-order valence-electron chi connectivity index (χ3n) is 3.87. The lowest BCUT2D eigenvalue weighted by Gasteiger charge is -2.18. The maximum atomic E-state index is 12.2. The van der Waals surface area contributed by atoms with Crippen LogP contribution >= 0.6 is 35.3 Å². The predicted molar refractivity (Wildman–Crippen MR) is 118 cm³/mol. The molecule has 0 radical (unpaired) electrons. The number of carbonyl (C=O) groups excluding carboxylic acids is 1. The second-order valence-electron chi connectivity index (χ2n) is 5.69. The van der Waals surface area contributed by atoms with E-state index in [-0.39, 0.29) is 36.4 Å². The topological polar surface area (TPSA) is 69.6 Å². The molecule has 8 heteroatoms. The van der Waals surface area contributed by atoms with E-state index in [4.69, 9.17) is 0 Å². The van der Waals surface area contributed by atoms with E-state index in [1.54, 1.807) is 36.5 Å². The van der Waals surface area contributed by atoms with Gasteiger partial charge >= 0.3 is 0 Å². The van der Waals surface area contributed by atoms with Crippen molar-refractivity contribution < 1.29 is 4.79 Å². The van der Waals surface area contributed by atoms with E-state index in [1.807, 2.05) is 18.2 Å². The molecular weight excluding hydrogens is 461 g/mol. The molecule has 0 aliphatic heterocycles. The first-order valence-corrected chi connectivity index (χ1v) is 9.09. The van der Waals surface area contributed by atoms with Crippen LogP contribution in [-0.4, -0.2) is 48.9 Å². The monoisotopic (exact) mass is 487 g/mol. The summed E-state index contributed by atoms with van der Waals surface area (Å²) in [4.78, 5) is 23.6. The number of amides is 1. The number of aryl methyl sites for hydroxylation is 1. The first-order valence-electron chi connectivity index (χ1n) is 8.21. The Labute approximate surface area is 176 Å². The molecule has 0 saturated carbocycles. The summed E-state index contributed by atoms with van der Waals surface area (Å²) in [5, 5.41) is 8.37. The highest BCUT2D eigenvalue weighted by Gasteiger charge is 2.10. The van der Waals surface area contributed by atoms with Gasteiger partial charge in [-0.3, -0.25) is 14.8 Å². The number of pyridine rings is 1. The smallest absolute Gasteiger partial charge is 0.241 e. The molecule has 0 aromatic carbocycles. The van der Waals surface area contributed by atoms with E-state index >= 15 is 0 Å². The van der Waals surface area contributed by atoms with Gasteiger partial charge in [-0.25, -0.2) is 0 Å². The zero-order valence-corrected chi connectivity index (χ0v) is 18.5. The fourth-order valence-corrected chi connectivity index (χ4v) is 3.06. The molecule has 0 unspecified atom stereocenters. The molecular formula is C18H26IN5OS. The van der Waals surface area contributed by atoms with Crippen LogP contribution in [0.3, 0.4) is 0 Å². The molecule has 2 rings (SSSR count). The van der Waals surface area contributed by atoms with E-state index in [9.17, 15) is 4.79 Å². The van der Waals surface area contributed by atoms with Crippen molar-refractivity contribution in [3.8, 4) is 0 Å². The van der Waals surface area contributed by atoms with Crippen LogP contribution < -0.4 is 10.6 Å². The molecule has 2 N–H and O–H groups in total. The minimum atomic E-state index is 0. The number of rotatable bonds is 7. The van der Waals surface area contributed by atoms with Gasteiger partial charge in [0.2, 0.25) is 5.91 Å². The highest BCUT2D eigenvalue weighted by Crippen LogP contribution is 2.14. The lowest BCUT2D eigenvalue weighted by molar-refractivity contribution is -0.128. The minimum absolute atomic E-state index is 0. The van der Waals surface area contributed by atoms with Crippen LogP contribution in [0.4, 0.5) is 0 Å². The summed E-state index contributed by atoms with van der Waals surface area (Å²) < 4.78 is 0. The zero-order chi connectivity index (χ0) is 18.1. The summed E-state index contributed by atoms with van der Waals surface area (Å²) in [6.45, 7) is 3.64. The second kappa shape index (κ2) is 11.8. The van der Waals surface area contributed by atoms with E-state index in [2.05, 4.69) is 39.0 Å². The molecule has 2 aromatic rings. The number of halogens is 1. The van der Waals surface area contributed by atoms with Gasteiger partial charge in [0.15, 0.2) is 5.96 Å². The van der Waals surface area contributed by atoms with Gasteiger partial charge in [-0.15, -0.1) is 35.3 Å². The van der Waals surface area contributed by atoms with E-state index < -0.39 is 0 Å². The molecule has 0 saturated heterocycles. The molecule has 1 amide bonds. The maximum Gasteiger partial charge on any atom is 0.241 e. The van der Waals surface area contributed by atoms with Crippen LogP contribution in [0.15, 0.2) is 40.8 Å². The van der Waals surface area contributed by atoms with Gasteiger partial charge in [0.05, 0.1) is 13.1 Å². The Balaban J connectivity index is 0.00000338. The summed E-state index contributed by atoms with van der Waals surface area (Å²) in [6.07, 6.45) is 2.51. The van der Waals surface area contributed by atoms with Crippen LogP contribution in [0, 0.1) is 6.92 Å². The number of aliphatic imine (C=N–C) groups is 1. The molecule has 0 aliphatic rings. The molecule has 0 bridgehead atoms. The summed E-state index contributed by atoms with van der Waals surface area (Å²) in [5.74, 6) is 0.644. The third-order valence-corrected chi connectivity index (χ3v) is 4.89. The lowest BCUT2D eigenvalue weighted by Crippen LogP contribution is -2.43. The van der Waals surface area contributed by atoms with Gasteiger partial charge in [0.1, 0.15) is 0 Å². The van der Waals surface area contributed by atoms with Crippen molar-refractivity contribution in [2.24, 2.45) is 4.99 Å². The van der Waals surface area contributed by atoms with Crippen LogP contribution in [-0.2, 0) is 17.8 Å². The van der Waals surface area contributed by atoms with Crippen molar-refractivity contribution in [1.29, 1.82) is 0 Å². The van der Waals surface area contributed by atoms with Crippen molar-refractivity contribution in [2.75, 3.05) is 27.2 Å². The molecule has 2 heterocycles. The normalized spacial score (nSPS) is 10.8. The lowest BCUT2D eigenvalue weighted by atomic mass is 10.2. The summed E-state index contributed by atoms with van der Waals surface area (Å²) in [5.41, 5.74) is 2.25. The fourth-order valence-electron chi connectivity index (χ4n) is 2.22. The molecule has 0 spiro atoms. The Morgan fingerprint density at radius 2 is 2.12 bits per heavy atom. The van der Waals surface area contributed by atoms with E-state index in [0.29, 0.717) is 19.0 Å². The van der Waals surface area contributed by atoms with Crippen molar-refractivity contribution in [2.45, 2.75) is 19.9 Å². The summed E-state index contributed by atoms with van der Waals surface area (Å²) in [7, 11) is 3.50. The van der Waals surface area contributed by atoms with Gasteiger partial charge in [-0.1, -0.05) is 6.07 Å². The second-order valence-corrected chi connectivity index (χ2v) is 6.69. The average molecular weight is 487 g/mol. The van der Waals surface area contributed by atoms with Gasteiger partial charge in [0, 0.05) is 43.8 Å². The molecule has 26 heavy (non-hydrogen) atoms. The number of nitrogens with zero attached hydrogens (tertiary/aromatic N) is 3. The molecule has 0 fully saturated rings. The van der Waals surface area contributed by atoms with Crippen LogP contribution in [0.5, 0.6) is 0 Å². The zero-order valence-electron chi connectivity index (χ0n) is 15.4. The number of guanidine groups is 1. The van der Waals surface area contributed by atoms with Crippen molar-refractivity contribution in [3.63, 3.8) is 0 Å². The SMILES string of the molecule is CN=C(NCC(=O)N(C)CCc1ccccn1)NCc1sccc1C.I. The largest absolute Gasteiger partial charge is 0.352 e. The predicted octanol–water partition coefficient (Wildman–Crippen LogP) is 2.44. The average Bonchev–Trinajstić information content (AvgIpc) is 3.05. The molecule has 0 atom stereocenters. The van der Waals surface area contributed by atoms with Gasteiger partial charge in [0.25, 0.3) is 0 Å². The maximum absolute atomic E-state index is 12.2. The molecule has 0 aliphatic carbocycles. The highest BCUT2D eigenvalue weighted by molar-refractivity contribution is 14.0. The minimum Gasteiger partial charge on any atom is -0.352 e. The standard InChI is InChI=1S/C18H25N5OS.HI/c1-14-8-11-25-16(14)12-21-18(19-2)22-13-17(24)23(3)10-7-15-6-4-5-9-20-15;/h4-6,8-9,11H,7,10,12-13H2,1-3H3,(H2,19,21,22);1H. The number of aromatic nitrogens is 1. The van der Waals surface area contributed by atoms with E-state index in [0.717, 1.165) is 12.1 Å². The van der Waals surface area contributed by atoms with E-state index in [1.165, 1.54) is 10.4 Å². The number of thiophene rings is 1. The Kier molecular flexibility index (Phi) is 10.2. The first-order chi connectivity index (χ1) is 12.1. The molecule has 2 aromatic heterocycles. The van der Waals surface area contributed by atoms with Gasteiger partial charge in [-0.2, -0.15) is 0 Å². The molecule has 6 nitrogen and oxygen atoms in total. The van der Waals surface area contributed by atoms with Crippen molar-refractivity contribution >= 4 is 47.2 Å². The molecule has 142 valence electrons. The summed E-state index contributed by atoms with van der Waals surface area (Å²) >= 11 is 1.71. The quantitative estimate of drug-likeness (QED) is 0.358. The Bertz CT molecular complexity index is 705. The first kappa shape index (κ1) is 22.4. The van der Waals surface area contributed by atoms with Gasteiger partial charge < -0.3 is 15.5 Å². The number of nitrogens with one attached hydrogen (secondary N) is 2. The Hall–Kier alpha value is -1.68. The van der Waals surface area contributed by atoms with Crippen molar-refractivity contribution in [3.05, 3.63) is 52.0 Å². The Morgan fingerprint density at radius 1 is 1.31 bits per heavy atom. The van der Waals surface area contributed by atoms with Crippen molar-refractivity contribution in [1.82, 2.24) is 20.5 Å². The highest BCUT2D eigenvalue weighted by atomic mass is 127. The van der Waals surface area contributed by atoms with Crippen LogP contribution in [0.2, 0.25) is 0 Å². The van der Waals surface area contributed by atoms with Crippen LogP contribution in [0.1, 0.15) is 16.1 Å². The van der Waals surface area contributed by atoms with Gasteiger partial charge in [-0.05, 0) is 36.1 Å². The number of carbonyl (C=O) groups is 1. The van der Waals surface area contributed by atoms with Crippen LogP contribution in [0.25, 0.3) is 0 Å². The fraction of sp³-hybridized carbons (Fsp3) is 0.389. The number of likely N-dealkylation sites (N-methyl/N-ethyl adjacent to an activating group) is 1. The Morgan fingerprint density at radius 3 is 2.73 bits per heavy atom. The number of hydrogen-bond donors (Lipinski definition) is 2. The number of hydrogen-bond acceptors (Lipinski definition) is 4.